The van der Waals surface area contributed by atoms with Crippen molar-refractivity contribution in [1.82, 2.24) is 0 Å². The van der Waals surface area contributed by atoms with E-state index in [9.17, 15) is 8.42 Å². The van der Waals surface area contributed by atoms with Crippen LogP contribution in [-0.4, -0.2) is 8.42 Å². The summed E-state index contributed by atoms with van der Waals surface area (Å²) in [6.07, 6.45) is 1.68. The van der Waals surface area contributed by atoms with Gasteiger partial charge in [0, 0.05) is 29.6 Å². The van der Waals surface area contributed by atoms with Crippen LogP contribution >= 0.6 is 34.0 Å². The van der Waals surface area contributed by atoms with Gasteiger partial charge in [-0.05, 0) is 70.5 Å². The Bertz CT molecular complexity index is 1470. The van der Waals surface area contributed by atoms with Gasteiger partial charge in [0.05, 0.1) is 21.5 Å². The topological polar surface area (TPSA) is 60.4 Å². The maximum atomic E-state index is 11.5. The van der Waals surface area contributed by atoms with Crippen molar-refractivity contribution in [3.05, 3.63) is 66.2 Å². The first-order chi connectivity index (χ1) is 15.1. The summed E-state index contributed by atoms with van der Waals surface area (Å²) >= 11 is 5.23. The van der Waals surface area contributed by atoms with Crippen LogP contribution in [0.3, 0.4) is 0 Å². The zero-order valence-corrected chi connectivity index (χ0v) is 22.0. The second-order valence-electron chi connectivity index (χ2n) is 7.53. The predicted molar refractivity (Wildman–Crippen MR) is 138 cm³/mol. The first-order valence-corrected chi connectivity index (χ1v) is 14.1. The molecule has 0 amide bonds. The third-order valence-corrected chi connectivity index (χ3v) is 10.9. The third kappa shape index (κ3) is 3.90. The van der Waals surface area contributed by atoms with Crippen LogP contribution in [0.4, 0.5) is 0 Å². The summed E-state index contributed by atoms with van der Waals surface area (Å²) in [5.41, 5.74) is 0.873. The molecule has 0 fully saturated rings. The normalized spacial score (nSPS) is 14.3. The Morgan fingerprint density at radius 1 is 0.781 bits per heavy atom. The Morgan fingerprint density at radius 3 is 2.16 bits per heavy atom. The highest BCUT2D eigenvalue weighted by Crippen LogP contribution is 2.33. The molecule has 168 valence electrons. The lowest BCUT2D eigenvalue weighted by Crippen LogP contribution is -2.15. The Balaban J connectivity index is 0.000000115. The average molecular weight is 505 g/mol. The molecule has 5 aromatic heterocycles. The van der Waals surface area contributed by atoms with Gasteiger partial charge in [-0.1, -0.05) is 0 Å². The molecule has 0 saturated carbocycles. The van der Waals surface area contributed by atoms with E-state index in [2.05, 4.69) is 25.3 Å². The van der Waals surface area contributed by atoms with Gasteiger partial charge < -0.3 is 8.83 Å². The van der Waals surface area contributed by atoms with Crippen LogP contribution in [-0.2, 0) is 9.84 Å². The van der Waals surface area contributed by atoms with Gasteiger partial charge in [0.15, 0.2) is 15.4 Å². The number of hydrogen-bond donors (Lipinski definition) is 0. The Morgan fingerprint density at radius 2 is 1.50 bits per heavy atom. The lowest BCUT2D eigenvalue weighted by Gasteiger charge is -1.95. The highest BCUT2D eigenvalue weighted by molar-refractivity contribution is 8.08. The Labute approximate surface area is 199 Å². The molecule has 0 bridgehead atoms. The van der Waals surface area contributed by atoms with Gasteiger partial charge in [0.2, 0.25) is 0 Å². The summed E-state index contributed by atoms with van der Waals surface area (Å²) < 4.78 is 36.0. The first kappa shape index (κ1) is 23.0. The molecule has 0 radical (unpaired) electrons. The molecule has 0 aromatic carbocycles. The number of furan rings is 2. The smallest absolute Gasteiger partial charge is 0.200 e. The predicted octanol–water partition coefficient (Wildman–Crippen LogP) is 6.65. The van der Waals surface area contributed by atoms with Crippen molar-refractivity contribution < 1.29 is 17.3 Å². The molecule has 5 aromatic rings. The molecule has 0 saturated heterocycles. The first-order valence-electron chi connectivity index (χ1n) is 9.99. The third-order valence-electron chi connectivity index (χ3n) is 5.51. The molecule has 0 N–H and O–H groups in total. The van der Waals surface area contributed by atoms with Crippen LogP contribution in [0.1, 0.15) is 35.1 Å². The molecule has 0 aliphatic carbocycles. The summed E-state index contributed by atoms with van der Waals surface area (Å²) in [7, 11) is -3.08. The highest BCUT2D eigenvalue weighted by atomic mass is 32.2. The van der Waals surface area contributed by atoms with Gasteiger partial charge in [-0.25, -0.2) is 8.42 Å². The van der Waals surface area contributed by atoms with Crippen LogP contribution in [0.15, 0.2) is 44.1 Å². The summed E-state index contributed by atoms with van der Waals surface area (Å²) in [5.74, 6) is 1.79. The van der Waals surface area contributed by atoms with E-state index in [0.717, 1.165) is 32.2 Å². The largest absolute Gasteiger partial charge is 0.462 e. The van der Waals surface area contributed by atoms with E-state index in [1.807, 2.05) is 54.0 Å². The standard InChI is InChI=1S/C8H8O2S2.C8H8O2.C8H8S2/c1-5-7-3-4-11-8(7)6(2)12(5,9)10;2*1-5-7-3-4-9-8(7)6(2)10-5/h3-4H,1-2H3;2*3-4H,1-2H3. The van der Waals surface area contributed by atoms with Gasteiger partial charge in [-0.15, -0.1) is 34.0 Å². The number of rotatable bonds is 0. The fourth-order valence-corrected chi connectivity index (χ4v) is 8.53. The molecule has 0 atom stereocenters. The van der Waals surface area contributed by atoms with Gasteiger partial charge in [0.1, 0.15) is 11.5 Å². The van der Waals surface area contributed by atoms with E-state index in [-0.39, 0.29) is 0 Å². The molecule has 32 heavy (non-hydrogen) atoms. The molecule has 6 rings (SSSR count). The highest BCUT2D eigenvalue weighted by Gasteiger charge is 2.24. The molecule has 1 aliphatic heterocycles. The van der Waals surface area contributed by atoms with Crippen molar-refractivity contribution in [2.75, 3.05) is 0 Å². The Hall–Kier alpha value is -2.13. The zero-order valence-electron chi connectivity index (χ0n) is 18.7. The molecular formula is C24H24O4S4. The van der Waals surface area contributed by atoms with Crippen LogP contribution < -0.4 is 9.75 Å². The van der Waals surface area contributed by atoms with Crippen molar-refractivity contribution in [2.45, 2.75) is 41.5 Å². The fourth-order valence-electron chi connectivity index (χ4n) is 3.74. The molecule has 8 heteroatoms. The van der Waals surface area contributed by atoms with Crippen molar-refractivity contribution in [3.8, 4) is 0 Å². The molecule has 4 nitrogen and oxygen atoms in total. The van der Waals surface area contributed by atoms with E-state index >= 15 is 0 Å². The summed E-state index contributed by atoms with van der Waals surface area (Å²) in [6.45, 7) is 11.5. The van der Waals surface area contributed by atoms with Gasteiger partial charge in [-0.3, -0.25) is 0 Å². The van der Waals surface area contributed by atoms with Crippen molar-refractivity contribution in [3.63, 3.8) is 0 Å². The van der Waals surface area contributed by atoms with E-state index in [1.54, 1.807) is 20.1 Å². The zero-order chi connectivity index (χ0) is 23.2. The maximum absolute atomic E-state index is 11.5. The number of hydrogen-bond acceptors (Lipinski definition) is 7. The van der Waals surface area contributed by atoms with Crippen LogP contribution in [0, 0.1) is 27.7 Å². The fraction of sp³-hybridized carbons (Fsp3) is 0.250. The number of fused-ring (bicyclic) bond motifs is 3. The van der Waals surface area contributed by atoms with Crippen molar-refractivity contribution >= 4 is 74.7 Å². The molecule has 0 unspecified atom stereocenters. The number of sulfone groups is 1. The minimum atomic E-state index is -3.08. The van der Waals surface area contributed by atoms with E-state index in [0.29, 0.717) is 9.81 Å². The van der Waals surface area contributed by atoms with E-state index < -0.39 is 9.84 Å². The number of aryl methyl sites for hydroxylation is 4. The van der Waals surface area contributed by atoms with Gasteiger partial charge >= 0.3 is 0 Å². The number of thiophene rings is 3. The summed E-state index contributed by atoms with van der Waals surface area (Å²) in [6, 6.07) is 5.99. The SMILES string of the molecule is CC1=c2ccsc2=C(C)S1(=O)=O.Cc1oc(C)c2occc12.Cc1sc(C)c2sccc12. The van der Waals surface area contributed by atoms with E-state index in [1.165, 1.54) is 31.2 Å². The van der Waals surface area contributed by atoms with Crippen molar-refractivity contribution in [1.29, 1.82) is 0 Å². The maximum Gasteiger partial charge on any atom is 0.200 e. The minimum Gasteiger partial charge on any atom is -0.462 e. The van der Waals surface area contributed by atoms with Crippen LogP contribution in [0.25, 0.3) is 30.9 Å². The summed E-state index contributed by atoms with van der Waals surface area (Å²) in [4.78, 5) is 3.91. The quantitative estimate of drug-likeness (QED) is 0.237. The van der Waals surface area contributed by atoms with Gasteiger partial charge in [0.25, 0.3) is 0 Å². The second kappa shape index (κ2) is 8.67. The average Bonchev–Trinajstić information content (AvgIpc) is 3.55. The lowest BCUT2D eigenvalue weighted by atomic mass is 10.3. The van der Waals surface area contributed by atoms with Gasteiger partial charge in [-0.2, -0.15) is 0 Å². The molecular weight excluding hydrogens is 481 g/mol. The van der Waals surface area contributed by atoms with Crippen LogP contribution in [0.2, 0.25) is 0 Å². The monoisotopic (exact) mass is 504 g/mol. The Kier molecular flexibility index (Phi) is 6.24. The van der Waals surface area contributed by atoms with Crippen molar-refractivity contribution in [2.24, 2.45) is 0 Å². The van der Waals surface area contributed by atoms with Crippen LogP contribution in [0.5, 0.6) is 0 Å². The second-order valence-corrected chi connectivity index (χ2v) is 13.0. The lowest BCUT2D eigenvalue weighted by molar-refractivity contribution is 0.495. The minimum absolute atomic E-state index is 0.497. The molecule has 1 aliphatic rings. The summed E-state index contributed by atoms with van der Waals surface area (Å²) in [5, 5.41) is 7.51. The molecule has 6 heterocycles. The van der Waals surface area contributed by atoms with E-state index in [4.69, 9.17) is 8.83 Å². The molecule has 0 spiro atoms.